The summed E-state index contributed by atoms with van der Waals surface area (Å²) in [6.07, 6.45) is 2.52. The van der Waals surface area contributed by atoms with Crippen molar-refractivity contribution in [2.75, 3.05) is 6.16 Å². The Morgan fingerprint density at radius 2 is 2.67 bits per heavy atom. The van der Waals surface area contributed by atoms with Crippen LogP contribution in [-0.2, 0) is 0 Å². The van der Waals surface area contributed by atoms with Gasteiger partial charge < -0.3 is 0 Å². The molecule has 0 aromatic heterocycles. The Morgan fingerprint density at radius 3 is 2.83 bits per heavy atom. The first kappa shape index (κ1) is 7.91. The predicted molar refractivity (Wildman–Crippen MR) is 33.2 cm³/mol. The maximum Gasteiger partial charge on any atom is 0.0591 e. The molecule has 0 bridgehead atoms. The normalized spacial score (nSPS) is 13.2. The largest absolute Gasteiger partial charge is 0.114 e. The average Bonchev–Trinajstić information content (AvgIpc) is 1.61. The minimum Gasteiger partial charge on any atom is -0.114 e. The van der Waals surface area contributed by atoms with Crippen molar-refractivity contribution < 1.29 is 31.1 Å². The molecule has 0 saturated carbocycles. The van der Waals surface area contributed by atoms with E-state index in [2.05, 4.69) is 6.92 Å². The van der Waals surface area contributed by atoms with E-state index in [4.69, 9.17) is 1.28 Å². The Balaban J connectivity index is 0. The fraction of sp³-hybridized carbons (Fsp3) is 1.00. The molecule has 0 amide bonds. The van der Waals surface area contributed by atoms with Crippen LogP contribution >= 0.6 is 17.1 Å². The third-order valence-corrected chi connectivity index (χ3v) is 1.87. The Kier molecular flexibility index (Phi) is 13.2. The molecule has 2 atom stereocenters. The van der Waals surface area contributed by atoms with Crippen molar-refractivity contribution in [3.05, 3.63) is 0 Å². The minimum absolute atomic E-state index is 0. The van der Waals surface area contributed by atoms with Gasteiger partial charge >= 0.3 is 0 Å². The van der Waals surface area contributed by atoms with Gasteiger partial charge in [-0.2, -0.15) is 0 Å². The van der Waals surface area contributed by atoms with Gasteiger partial charge in [-0.25, -0.2) is 0 Å². The summed E-state index contributed by atoms with van der Waals surface area (Å²) in [6, 6.07) is 0. The van der Waals surface area contributed by atoms with E-state index in [1.165, 1.54) is 12.6 Å². The third kappa shape index (κ3) is 9.32. The quantitative estimate of drug-likeness (QED) is 0.540. The van der Waals surface area contributed by atoms with Crippen LogP contribution in [0.25, 0.3) is 0 Å². The second kappa shape index (κ2) is 10.0. The van der Waals surface area contributed by atoms with Crippen molar-refractivity contribution >= 4 is 17.1 Å². The van der Waals surface area contributed by atoms with Crippen molar-refractivity contribution in [1.82, 2.24) is 0 Å². The summed E-state index contributed by atoms with van der Waals surface area (Å²) in [4.78, 5) is 0. The molecule has 36 valence electrons. The Hall–Kier alpha value is 1.91. The standard InChI is InChI=1S/C3H10P2.U/c1-2-3-5-4;/h5H,2-4H2,1H3;/i4T;. The van der Waals surface area contributed by atoms with Crippen LogP contribution in [-0.4, -0.2) is 7.44 Å². The van der Waals surface area contributed by atoms with E-state index >= 15 is 0 Å². The van der Waals surface area contributed by atoms with Crippen molar-refractivity contribution in [3.8, 4) is 0 Å². The fourth-order valence-corrected chi connectivity index (χ4v) is 1.12. The summed E-state index contributed by atoms with van der Waals surface area (Å²) in [5, 5.41) is 0. The molecular weight excluding hydrogens is 336 g/mol. The van der Waals surface area contributed by atoms with E-state index in [-0.39, 0.29) is 31.1 Å². The van der Waals surface area contributed by atoms with E-state index in [9.17, 15) is 0 Å². The van der Waals surface area contributed by atoms with Gasteiger partial charge in [0.2, 0.25) is 0 Å². The van der Waals surface area contributed by atoms with Crippen molar-refractivity contribution in [3.63, 3.8) is 0 Å². The summed E-state index contributed by atoms with van der Waals surface area (Å²) in [6.45, 7) is 2.16. The van der Waals surface area contributed by atoms with E-state index in [1.54, 1.807) is 0 Å². The number of rotatable bonds is 3. The molecule has 0 aromatic rings. The summed E-state index contributed by atoms with van der Waals surface area (Å²) in [5.41, 5.74) is 0. The van der Waals surface area contributed by atoms with E-state index < -0.39 is 0 Å². The van der Waals surface area contributed by atoms with E-state index in [0.717, 1.165) is 8.27 Å². The zero-order valence-electron chi connectivity index (χ0n) is 4.91. The molecule has 0 aromatic carbocycles. The van der Waals surface area contributed by atoms with Crippen LogP contribution in [0.15, 0.2) is 0 Å². The summed E-state index contributed by atoms with van der Waals surface area (Å²) in [7, 11) is 1.35. The second-order valence-corrected chi connectivity index (χ2v) is 2.84. The van der Waals surface area contributed by atoms with Gasteiger partial charge in [0.1, 0.15) is 0 Å². The molecule has 0 aliphatic heterocycles. The molecule has 0 aliphatic carbocycles. The number of hydrogen-bond acceptors (Lipinski definition) is 0. The SMILES string of the molecule is [3H]PPCCC.[U]. The van der Waals surface area contributed by atoms with Crippen LogP contribution in [0.5, 0.6) is 0 Å². The smallest absolute Gasteiger partial charge is 0.0591 e. The Bertz CT molecular complexity index is 24.9. The van der Waals surface area contributed by atoms with Crippen LogP contribution in [0, 0.1) is 31.1 Å². The topological polar surface area (TPSA) is 0 Å². The predicted octanol–water partition coefficient (Wildman–Crippen LogP) is 1.86. The zero-order valence-corrected chi connectivity index (χ0v) is 10.1. The molecule has 3 heteroatoms. The van der Waals surface area contributed by atoms with Crippen molar-refractivity contribution in [2.24, 2.45) is 0 Å². The molecule has 0 nitrogen and oxygen atoms in total. The molecule has 0 spiro atoms. The van der Waals surface area contributed by atoms with Gasteiger partial charge in [0.25, 0.3) is 0 Å². The van der Waals surface area contributed by atoms with Gasteiger partial charge in [0, 0.05) is 31.1 Å². The van der Waals surface area contributed by atoms with Gasteiger partial charge in [0.05, 0.1) is 1.28 Å². The van der Waals surface area contributed by atoms with Gasteiger partial charge in [0.15, 0.2) is 0 Å². The van der Waals surface area contributed by atoms with Crippen LogP contribution in [0.1, 0.15) is 13.3 Å². The summed E-state index contributed by atoms with van der Waals surface area (Å²) < 4.78 is 6.75. The minimum atomic E-state index is 0. The fourth-order valence-electron chi connectivity index (χ4n) is 0.125. The Labute approximate surface area is 68.8 Å². The van der Waals surface area contributed by atoms with Crippen LogP contribution < -0.4 is 0 Å². The van der Waals surface area contributed by atoms with Gasteiger partial charge in [-0.1, -0.05) is 13.3 Å². The average molecular weight is 348 g/mol. The maximum absolute atomic E-state index is 6.75. The second-order valence-electron chi connectivity index (χ2n) is 0.927. The first-order valence-electron chi connectivity index (χ1n) is 2.31. The molecular formula is C3H10P2U. The Morgan fingerprint density at radius 1 is 2.00 bits per heavy atom. The third-order valence-electron chi connectivity index (χ3n) is 0.375. The van der Waals surface area contributed by atoms with E-state index in [0.29, 0.717) is 8.87 Å². The maximum atomic E-state index is 6.75. The molecule has 0 fully saturated rings. The first-order chi connectivity index (χ1) is 2.91. The van der Waals surface area contributed by atoms with Crippen LogP contribution in [0.4, 0.5) is 0 Å². The summed E-state index contributed by atoms with van der Waals surface area (Å²) in [5.74, 6) is 0. The number of hydrogen-bond donors (Lipinski definition) is 0. The molecule has 2 unspecified atom stereocenters. The molecule has 0 radical (unpaired) electrons. The molecule has 0 N–H and O–H groups in total. The van der Waals surface area contributed by atoms with Gasteiger partial charge in [-0.3, -0.25) is 0 Å². The monoisotopic (exact) mass is 348 g/mol. The van der Waals surface area contributed by atoms with Gasteiger partial charge in [-0.05, 0) is 6.16 Å². The molecule has 0 rings (SSSR count). The summed E-state index contributed by atoms with van der Waals surface area (Å²) >= 11 is 0. The first-order valence-corrected chi connectivity index (χ1v) is 4.52. The zero-order chi connectivity index (χ0) is 4.83. The molecule has 0 saturated heterocycles. The van der Waals surface area contributed by atoms with Crippen molar-refractivity contribution in [2.45, 2.75) is 13.3 Å². The molecule has 0 heterocycles. The van der Waals surface area contributed by atoms with Gasteiger partial charge in [-0.15, -0.1) is 17.1 Å². The molecule has 0 aliphatic rings. The van der Waals surface area contributed by atoms with E-state index in [1.807, 2.05) is 0 Å². The van der Waals surface area contributed by atoms with Crippen LogP contribution in [0.2, 0.25) is 0 Å². The van der Waals surface area contributed by atoms with Crippen LogP contribution in [0.3, 0.4) is 0 Å². The molecule has 6 heavy (non-hydrogen) atoms. The van der Waals surface area contributed by atoms with Crippen molar-refractivity contribution in [1.29, 1.82) is 1.28 Å².